The largest absolute Gasteiger partial charge is 0.395 e. The Labute approximate surface area is 84.5 Å². The fraction of sp³-hybridized carbons (Fsp3) is 0.900. The van der Waals surface area contributed by atoms with Crippen molar-refractivity contribution < 1.29 is 9.90 Å². The minimum atomic E-state index is 0.168. The fourth-order valence-electron chi connectivity index (χ4n) is 2.46. The molecule has 0 aromatic heterocycles. The Kier molecular flexibility index (Phi) is 2.74. The van der Waals surface area contributed by atoms with Crippen molar-refractivity contribution in [2.24, 2.45) is 0 Å². The van der Waals surface area contributed by atoms with E-state index in [2.05, 4.69) is 4.90 Å². The zero-order valence-electron chi connectivity index (χ0n) is 8.65. The quantitative estimate of drug-likeness (QED) is 0.661. The summed E-state index contributed by atoms with van der Waals surface area (Å²) < 4.78 is 0. The Morgan fingerprint density at radius 1 is 1.50 bits per heavy atom. The standard InChI is InChI=1S/C10H18N2O2/c1-8(14)11-5-10(6-11)12-4-2-3-9(12)7-13/h9-10,13H,2-7H2,1H3. The highest BCUT2D eigenvalue weighted by Crippen LogP contribution is 2.24. The third-order valence-electron chi connectivity index (χ3n) is 3.41. The lowest BCUT2D eigenvalue weighted by Crippen LogP contribution is -2.61. The van der Waals surface area contributed by atoms with Crippen molar-refractivity contribution in [3.05, 3.63) is 0 Å². The van der Waals surface area contributed by atoms with Crippen molar-refractivity contribution in [1.29, 1.82) is 0 Å². The number of amides is 1. The summed E-state index contributed by atoms with van der Waals surface area (Å²) in [6, 6.07) is 0.840. The molecule has 2 heterocycles. The van der Waals surface area contributed by atoms with Crippen LogP contribution in [0, 0.1) is 0 Å². The van der Waals surface area contributed by atoms with Crippen LogP contribution in [0.15, 0.2) is 0 Å². The molecule has 1 amide bonds. The van der Waals surface area contributed by atoms with E-state index < -0.39 is 0 Å². The Morgan fingerprint density at radius 2 is 2.21 bits per heavy atom. The highest BCUT2D eigenvalue weighted by Gasteiger charge is 2.38. The zero-order valence-corrected chi connectivity index (χ0v) is 8.65. The van der Waals surface area contributed by atoms with E-state index in [9.17, 15) is 4.79 Å². The van der Waals surface area contributed by atoms with E-state index in [1.807, 2.05) is 4.90 Å². The number of carbonyl (C=O) groups excluding carboxylic acids is 1. The Morgan fingerprint density at radius 3 is 2.79 bits per heavy atom. The van der Waals surface area contributed by atoms with Gasteiger partial charge >= 0.3 is 0 Å². The van der Waals surface area contributed by atoms with Crippen LogP contribution in [0.25, 0.3) is 0 Å². The molecule has 0 bridgehead atoms. The second-order valence-electron chi connectivity index (χ2n) is 4.29. The molecule has 1 atom stereocenters. The second kappa shape index (κ2) is 3.87. The smallest absolute Gasteiger partial charge is 0.219 e. The normalized spacial score (nSPS) is 29.3. The van der Waals surface area contributed by atoms with E-state index in [4.69, 9.17) is 5.11 Å². The monoisotopic (exact) mass is 198 g/mol. The highest BCUT2D eigenvalue weighted by molar-refractivity contribution is 5.74. The topological polar surface area (TPSA) is 43.8 Å². The number of rotatable bonds is 2. The van der Waals surface area contributed by atoms with Gasteiger partial charge in [-0.3, -0.25) is 9.69 Å². The van der Waals surface area contributed by atoms with Gasteiger partial charge in [0, 0.05) is 32.1 Å². The molecule has 0 saturated carbocycles. The van der Waals surface area contributed by atoms with Gasteiger partial charge in [0.1, 0.15) is 0 Å². The molecule has 14 heavy (non-hydrogen) atoms. The van der Waals surface area contributed by atoms with Crippen molar-refractivity contribution in [3.63, 3.8) is 0 Å². The van der Waals surface area contributed by atoms with Gasteiger partial charge in [-0.15, -0.1) is 0 Å². The highest BCUT2D eigenvalue weighted by atomic mass is 16.3. The van der Waals surface area contributed by atoms with E-state index in [0.717, 1.165) is 26.1 Å². The minimum absolute atomic E-state index is 0.168. The lowest BCUT2D eigenvalue weighted by atomic mass is 10.1. The number of hydrogen-bond acceptors (Lipinski definition) is 3. The average molecular weight is 198 g/mol. The summed E-state index contributed by atoms with van der Waals surface area (Å²) in [7, 11) is 0. The summed E-state index contributed by atoms with van der Waals surface area (Å²) >= 11 is 0. The number of carbonyl (C=O) groups is 1. The first-order valence-corrected chi connectivity index (χ1v) is 5.34. The third-order valence-corrected chi connectivity index (χ3v) is 3.41. The molecule has 2 saturated heterocycles. The molecule has 0 aliphatic carbocycles. The van der Waals surface area contributed by atoms with E-state index in [0.29, 0.717) is 12.1 Å². The summed E-state index contributed by atoms with van der Waals surface area (Å²) in [5.41, 5.74) is 0. The number of aliphatic hydroxyl groups is 1. The Balaban J connectivity index is 1.84. The molecule has 0 aromatic rings. The van der Waals surface area contributed by atoms with Crippen LogP contribution in [0.1, 0.15) is 19.8 Å². The molecule has 2 fully saturated rings. The van der Waals surface area contributed by atoms with Gasteiger partial charge in [0.2, 0.25) is 5.91 Å². The maximum atomic E-state index is 11.0. The zero-order chi connectivity index (χ0) is 10.1. The molecule has 4 nitrogen and oxygen atoms in total. The molecule has 2 aliphatic rings. The number of likely N-dealkylation sites (tertiary alicyclic amines) is 2. The van der Waals surface area contributed by atoms with Gasteiger partial charge in [0.15, 0.2) is 0 Å². The first-order valence-electron chi connectivity index (χ1n) is 5.34. The summed E-state index contributed by atoms with van der Waals surface area (Å²) in [6.07, 6.45) is 2.29. The maximum Gasteiger partial charge on any atom is 0.219 e. The Bertz CT molecular complexity index is 226. The molecule has 0 spiro atoms. The van der Waals surface area contributed by atoms with Gasteiger partial charge in [0.25, 0.3) is 0 Å². The molecule has 2 aliphatic heterocycles. The molecule has 2 rings (SSSR count). The van der Waals surface area contributed by atoms with Gasteiger partial charge in [-0.05, 0) is 19.4 Å². The minimum Gasteiger partial charge on any atom is -0.395 e. The predicted octanol–water partition coefficient (Wildman–Crippen LogP) is -0.326. The molecular formula is C10H18N2O2. The van der Waals surface area contributed by atoms with Crippen molar-refractivity contribution in [1.82, 2.24) is 9.80 Å². The van der Waals surface area contributed by atoms with Crippen LogP contribution in [0.2, 0.25) is 0 Å². The molecule has 80 valence electrons. The van der Waals surface area contributed by atoms with Crippen LogP contribution < -0.4 is 0 Å². The fourth-order valence-corrected chi connectivity index (χ4v) is 2.46. The predicted molar refractivity (Wildman–Crippen MR) is 52.9 cm³/mol. The Hall–Kier alpha value is -0.610. The summed E-state index contributed by atoms with van der Waals surface area (Å²) in [5, 5.41) is 9.16. The van der Waals surface area contributed by atoms with Gasteiger partial charge in [-0.2, -0.15) is 0 Å². The van der Waals surface area contributed by atoms with Gasteiger partial charge < -0.3 is 10.0 Å². The molecule has 1 unspecified atom stereocenters. The van der Waals surface area contributed by atoms with E-state index in [-0.39, 0.29) is 12.5 Å². The number of aliphatic hydroxyl groups excluding tert-OH is 1. The molecule has 0 aromatic carbocycles. The maximum absolute atomic E-state index is 11.0. The third kappa shape index (κ3) is 1.64. The van der Waals surface area contributed by atoms with Crippen molar-refractivity contribution in [3.8, 4) is 0 Å². The summed E-state index contributed by atoms with van der Waals surface area (Å²) in [6.45, 7) is 4.67. The molecular weight excluding hydrogens is 180 g/mol. The van der Waals surface area contributed by atoms with Crippen molar-refractivity contribution >= 4 is 5.91 Å². The second-order valence-corrected chi connectivity index (χ2v) is 4.29. The number of hydrogen-bond donors (Lipinski definition) is 1. The van der Waals surface area contributed by atoms with Crippen LogP contribution in [-0.2, 0) is 4.79 Å². The summed E-state index contributed by atoms with van der Waals surface area (Å²) in [4.78, 5) is 15.2. The number of nitrogens with zero attached hydrogens (tertiary/aromatic N) is 2. The first kappa shape index (κ1) is 9.93. The lowest BCUT2D eigenvalue weighted by molar-refractivity contribution is -0.136. The van der Waals surface area contributed by atoms with E-state index in [1.165, 1.54) is 6.42 Å². The van der Waals surface area contributed by atoms with E-state index >= 15 is 0 Å². The molecule has 1 N–H and O–H groups in total. The van der Waals surface area contributed by atoms with Gasteiger partial charge in [0.05, 0.1) is 6.61 Å². The lowest BCUT2D eigenvalue weighted by Gasteiger charge is -2.45. The molecule has 0 radical (unpaired) electrons. The first-order chi connectivity index (χ1) is 6.72. The van der Waals surface area contributed by atoms with Gasteiger partial charge in [-0.1, -0.05) is 0 Å². The van der Waals surface area contributed by atoms with Gasteiger partial charge in [-0.25, -0.2) is 0 Å². The summed E-state index contributed by atoms with van der Waals surface area (Å²) in [5.74, 6) is 0.168. The van der Waals surface area contributed by atoms with Crippen LogP contribution in [-0.4, -0.2) is 59.1 Å². The van der Waals surface area contributed by atoms with Crippen LogP contribution in [0.5, 0.6) is 0 Å². The SMILES string of the molecule is CC(=O)N1CC(N2CCCC2CO)C1. The molecule has 4 heteroatoms. The van der Waals surface area contributed by atoms with Crippen molar-refractivity contribution in [2.75, 3.05) is 26.2 Å². The van der Waals surface area contributed by atoms with Crippen LogP contribution in [0.3, 0.4) is 0 Å². The van der Waals surface area contributed by atoms with Crippen LogP contribution >= 0.6 is 0 Å². The van der Waals surface area contributed by atoms with Crippen LogP contribution in [0.4, 0.5) is 0 Å². The van der Waals surface area contributed by atoms with E-state index in [1.54, 1.807) is 6.92 Å². The van der Waals surface area contributed by atoms with Crippen molar-refractivity contribution in [2.45, 2.75) is 31.8 Å². The average Bonchev–Trinajstić information content (AvgIpc) is 2.48.